The lowest BCUT2D eigenvalue weighted by molar-refractivity contribution is -0.136. The van der Waals surface area contributed by atoms with E-state index in [2.05, 4.69) is 34.1 Å². The fraction of sp³-hybridized carbons (Fsp3) is 0.462. The second kappa shape index (κ2) is 7.25. The molecule has 94 valence electrons. The lowest BCUT2D eigenvalue weighted by atomic mass is 10.2. The Morgan fingerprint density at radius 2 is 2.35 bits per heavy atom. The molecule has 0 radical (unpaired) electrons. The molecule has 0 unspecified atom stereocenters. The van der Waals surface area contributed by atoms with Crippen molar-refractivity contribution in [3.8, 4) is 0 Å². The van der Waals surface area contributed by atoms with Gasteiger partial charge in [-0.1, -0.05) is 19.1 Å². The van der Waals surface area contributed by atoms with Crippen LogP contribution in [0.4, 0.5) is 0 Å². The first kappa shape index (κ1) is 13.9. The van der Waals surface area contributed by atoms with E-state index in [1.165, 1.54) is 12.0 Å². The molecule has 17 heavy (non-hydrogen) atoms. The van der Waals surface area contributed by atoms with Crippen molar-refractivity contribution < 1.29 is 9.53 Å². The van der Waals surface area contributed by atoms with Crippen LogP contribution in [0.15, 0.2) is 29.2 Å². The van der Waals surface area contributed by atoms with Crippen LogP contribution >= 0.6 is 11.3 Å². The fourth-order valence-electron chi connectivity index (χ4n) is 1.44. The molecule has 1 rings (SSSR count). The zero-order valence-electron chi connectivity index (χ0n) is 10.6. The summed E-state index contributed by atoms with van der Waals surface area (Å²) in [7, 11) is 1.41. The second-order valence-electron chi connectivity index (χ2n) is 3.79. The molecule has 0 amide bonds. The Balaban J connectivity index is 2.50. The van der Waals surface area contributed by atoms with E-state index in [1.54, 1.807) is 18.3 Å². The van der Waals surface area contributed by atoms with E-state index < -0.39 is 0 Å². The van der Waals surface area contributed by atoms with Crippen LogP contribution < -0.4 is 0 Å². The average Bonchev–Trinajstić information content (AvgIpc) is 2.85. The molecule has 1 heterocycles. The highest BCUT2D eigenvalue weighted by Gasteiger charge is 2.06. The molecule has 0 saturated heterocycles. The number of rotatable bonds is 6. The van der Waals surface area contributed by atoms with Crippen LogP contribution in [0.25, 0.3) is 0 Å². The normalized spacial score (nSPS) is 11.9. The summed E-state index contributed by atoms with van der Waals surface area (Å²) in [6.07, 6.45) is 1.92. The lowest BCUT2D eigenvalue weighted by Crippen LogP contribution is -2.23. The summed E-state index contributed by atoms with van der Waals surface area (Å²) in [5, 5.41) is 2.08. The average molecular weight is 253 g/mol. The summed E-state index contributed by atoms with van der Waals surface area (Å²) in [6.45, 7) is 6.57. The van der Waals surface area contributed by atoms with Gasteiger partial charge in [0, 0.05) is 23.5 Å². The summed E-state index contributed by atoms with van der Waals surface area (Å²) < 4.78 is 4.66. The molecule has 0 aliphatic rings. The Kier molecular flexibility index (Phi) is 5.94. The molecule has 3 nitrogen and oxygen atoms in total. The first-order valence-electron chi connectivity index (χ1n) is 5.67. The summed E-state index contributed by atoms with van der Waals surface area (Å²) in [4.78, 5) is 14.8. The second-order valence-corrected chi connectivity index (χ2v) is 4.82. The number of carbonyl (C=O) groups excluding carboxylic acids is 1. The Morgan fingerprint density at radius 1 is 1.59 bits per heavy atom. The number of hydrogen-bond donors (Lipinski definition) is 0. The van der Waals surface area contributed by atoms with Gasteiger partial charge in [0.15, 0.2) is 0 Å². The van der Waals surface area contributed by atoms with Crippen LogP contribution in [0, 0.1) is 0 Å². The van der Waals surface area contributed by atoms with E-state index in [0.29, 0.717) is 5.57 Å². The molecule has 0 spiro atoms. The highest BCUT2D eigenvalue weighted by atomic mass is 32.1. The van der Waals surface area contributed by atoms with Gasteiger partial charge in [0.1, 0.15) is 0 Å². The summed E-state index contributed by atoms with van der Waals surface area (Å²) >= 11 is 1.76. The molecule has 1 aromatic heterocycles. The van der Waals surface area contributed by atoms with Crippen LogP contribution in [0.1, 0.15) is 18.7 Å². The third-order valence-electron chi connectivity index (χ3n) is 2.57. The van der Waals surface area contributed by atoms with Crippen LogP contribution in [0.3, 0.4) is 0 Å². The van der Waals surface area contributed by atoms with E-state index in [9.17, 15) is 4.79 Å². The van der Waals surface area contributed by atoms with Gasteiger partial charge in [0.25, 0.3) is 0 Å². The molecule has 1 aromatic rings. The van der Waals surface area contributed by atoms with E-state index >= 15 is 0 Å². The van der Waals surface area contributed by atoms with Crippen molar-refractivity contribution in [3.63, 3.8) is 0 Å². The zero-order chi connectivity index (χ0) is 12.7. The molecular formula is C13H19NO2S. The molecular weight excluding hydrogens is 234 g/mol. The monoisotopic (exact) mass is 253 g/mol. The van der Waals surface area contributed by atoms with Crippen molar-refractivity contribution in [1.29, 1.82) is 0 Å². The number of carbonyl (C=O) groups is 1. The van der Waals surface area contributed by atoms with Gasteiger partial charge in [-0.25, -0.2) is 4.79 Å². The summed E-state index contributed by atoms with van der Waals surface area (Å²) in [5.41, 5.74) is 0.664. The van der Waals surface area contributed by atoms with Crippen LogP contribution in [0.2, 0.25) is 0 Å². The fourth-order valence-corrected chi connectivity index (χ4v) is 2.18. The lowest BCUT2D eigenvalue weighted by Gasteiger charge is -2.17. The number of thiophene rings is 1. The van der Waals surface area contributed by atoms with E-state index in [0.717, 1.165) is 19.6 Å². The smallest absolute Gasteiger partial charge is 0.333 e. The van der Waals surface area contributed by atoms with Crippen LogP contribution in [0.5, 0.6) is 0 Å². The highest BCUT2D eigenvalue weighted by molar-refractivity contribution is 7.09. The minimum absolute atomic E-state index is 0.253. The number of esters is 1. The largest absolute Gasteiger partial charge is 0.466 e. The highest BCUT2D eigenvalue weighted by Crippen LogP contribution is 2.11. The van der Waals surface area contributed by atoms with Gasteiger partial charge in [-0.2, -0.15) is 0 Å². The van der Waals surface area contributed by atoms with Crippen molar-refractivity contribution in [2.45, 2.75) is 20.4 Å². The minimum Gasteiger partial charge on any atom is -0.466 e. The SMILES string of the molecule is CCN(CC=C(C)C(=O)OC)Cc1cccs1. The first-order valence-corrected chi connectivity index (χ1v) is 6.55. The molecule has 0 aliphatic heterocycles. The maximum absolute atomic E-state index is 11.2. The van der Waals surface area contributed by atoms with E-state index in [-0.39, 0.29) is 5.97 Å². The Bertz CT molecular complexity index is 371. The molecule has 0 N–H and O–H groups in total. The van der Waals surface area contributed by atoms with Gasteiger partial charge in [-0.3, -0.25) is 4.90 Å². The van der Waals surface area contributed by atoms with Gasteiger partial charge in [0.05, 0.1) is 7.11 Å². The molecule has 0 atom stereocenters. The molecule has 0 bridgehead atoms. The number of methoxy groups -OCH3 is 1. The molecule has 4 heteroatoms. The maximum Gasteiger partial charge on any atom is 0.333 e. The topological polar surface area (TPSA) is 29.5 Å². The third kappa shape index (κ3) is 4.71. The standard InChI is InChI=1S/C13H19NO2S/c1-4-14(10-12-6-5-9-17-12)8-7-11(2)13(15)16-3/h5-7,9H,4,8,10H2,1-3H3. The van der Waals surface area contributed by atoms with Gasteiger partial charge in [-0.15, -0.1) is 11.3 Å². The summed E-state index contributed by atoms with van der Waals surface area (Å²) in [5.74, 6) is -0.253. The molecule has 0 fully saturated rings. The predicted molar refractivity (Wildman–Crippen MR) is 71.0 cm³/mol. The zero-order valence-corrected chi connectivity index (χ0v) is 11.4. The number of nitrogens with zero attached hydrogens (tertiary/aromatic N) is 1. The predicted octanol–water partition coefficient (Wildman–Crippen LogP) is 2.69. The minimum atomic E-state index is -0.253. The van der Waals surface area contributed by atoms with Gasteiger partial charge in [-0.05, 0) is 24.9 Å². The van der Waals surface area contributed by atoms with Crippen LogP contribution in [-0.4, -0.2) is 31.1 Å². The van der Waals surface area contributed by atoms with Gasteiger partial charge >= 0.3 is 5.97 Å². The first-order chi connectivity index (χ1) is 8.17. The number of hydrogen-bond acceptors (Lipinski definition) is 4. The van der Waals surface area contributed by atoms with Gasteiger partial charge in [0.2, 0.25) is 0 Å². The Morgan fingerprint density at radius 3 is 2.88 bits per heavy atom. The van der Waals surface area contributed by atoms with Crippen molar-refractivity contribution in [3.05, 3.63) is 34.0 Å². The van der Waals surface area contributed by atoms with E-state index in [4.69, 9.17) is 0 Å². The molecule has 0 saturated carbocycles. The van der Waals surface area contributed by atoms with Gasteiger partial charge < -0.3 is 4.74 Å². The quantitative estimate of drug-likeness (QED) is 0.576. The third-order valence-corrected chi connectivity index (χ3v) is 3.43. The van der Waals surface area contributed by atoms with E-state index in [1.807, 2.05) is 6.08 Å². The Labute approximate surface area is 107 Å². The summed E-state index contributed by atoms with van der Waals surface area (Å²) in [6, 6.07) is 4.19. The number of likely N-dealkylation sites (N-methyl/N-ethyl adjacent to an activating group) is 1. The van der Waals surface area contributed by atoms with Crippen molar-refractivity contribution in [2.75, 3.05) is 20.2 Å². The number of ether oxygens (including phenoxy) is 1. The van der Waals surface area contributed by atoms with Crippen LogP contribution in [-0.2, 0) is 16.1 Å². The van der Waals surface area contributed by atoms with Crippen molar-refractivity contribution in [2.24, 2.45) is 0 Å². The maximum atomic E-state index is 11.2. The van der Waals surface area contributed by atoms with Crippen molar-refractivity contribution >= 4 is 17.3 Å². The molecule has 0 aliphatic carbocycles. The molecule has 0 aromatic carbocycles. The van der Waals surface area contributed by atoms with Crippen molar-refractivity contribution in [1.82, 2.24) is 4.90 Å². The Hall–Kier alpha value is -1.13.